The van der Waals surface area contributed by atoms with E-state index in [0.717, 1.165) is 0 Å². The van der Waals surface area contributed by atoms with Crippen LogP contribution in [-0.4, -0.2) is 64.5 Å². The second-order valence-electron chi connectivity index (χ2n) is 7.66. The fourth-order valence-electron chi connectivity index (χ4n) is 2.70. The van der Waals surface area contributed by atoms with Gasteiger partial charge in [-0.3, -0.25) is 19.2 Å². The van der Waals surface area contributed by atoms with E-state index in [4.69, 9.17) is 10.8 Å². The summed E-state index contributed by atoms with van der Waals surface area (Å²) < 4.78 is 0. The largest absolute Gasteiger partial charge is 0.481 e. The first kappa shape index (κ1) is 27.3. The molecule has 3 amide bonds. The average molecular weight is 431 g/mol. The van der Waals surface area contributed by atoms with E-state index in [1.807, 2.05) is 13.8 Å². The molecule has 0 aromatic rings. The van der Waals surface area contributed by atoms with E-state index in [2.05, 4.69) is 16.0 Å². The molecule has 0 heterocycles. The van der Waals surface area contributed by atoms with Crippen LogP contribution in [0.15, 0.2) is 0 Å². The molecule has 0 aromatic heterocycles. The van der Waals surface area contributed by atoms with Crippen LogP contribution in [0.1, 0.15) is 53.4 Å². The summed E-state index contributed by atoms with van der Waals surface area (Å²) in [6.07, 6.45) is 0.108. The molecule has 11 nitrogen and oxygen atoms in total. The number of carboxylic acids is 2. The van der Waals surface area contributed by atoms with Crippen molar-refractivity contribution in [2.75, 3.05) is 6.54 Å². The van der Waals surface area contributed by atoms with Crippen molar-refractivity contribution in [1.29, 1.82) is 0 Å². The first-order valence-corrected chi connectivity index (χ1v) is 9.97. The lowest BCUT2D eigenvalue weighted by Crippen LogP contribution is -2.58. The fraction of sp³-hybridized carbons (Fsp3) is 0.737. The Hall–Kier alpha value is -2.69. The molecule has 0 saturated carbocycles. The van der Waals surface area contributed by atoms with E-state index in [9.17, 15) is 29.1 Å². The lowest BCUT2D eigenvalue weighted by atomic mass is 9.96. The van der Waals surface area contributed by atoms with Gasteiger partial charge in [-0.05, 0) is 24.7 Å². The first-order chi connectivity index (χ1) is 13.9. The Balaban J connectivity index is 5.42. The minimum atomic E-state index is -1.40. The smallest absolute Gasteiger partial charge is 0.326 e. The molecule has 0 aliphatic rings. The minimum absolute atomic E-state index is 0.0714. The molecule has 11 heteroatoms. The van der Waals surface area contributed by atoms with Crippen molar-refractivity contribution in [2.45, 2.75) is 71.5 Å². The Morgan fingerprint density at radius 3 is 1.93 bits per heavy atom. The number of carboxylic acid groups (broad SMARTS) is 2. The first-order valence-electron chi connectivity index (χ1n) is 9.97. The Bertz CT molecular complexity index is 624. The van der Waals surface area contributed by atoms with Crippen LogP contribution in [0.25, 0.3) is 0 Å². The van der Waals surface area contributed by atoms with Crippen LogP contribution in [0.4, 0.5) is 0 Å². The highest BCUT2D eigenvalue weighted by Crippen LogP contribution is 2.12. The van der Waals surface area contributed by atoms with Crippen LogP contribution in [0.2, 0.25) is 0 Å². The zero-order valence-corrected chi connectivity index (χ0v) is 17.9. The zero-order valence-electron chi connectivity index (χ0n) is 17.9. The Morgan fingerprint density at radius 2 is 1.50 bits per heavy atom. The van der Waals surface area contributed by atoms with Crippen LogP contribution >= 0.6 is 0 Å². The van der Waals surface area contributed by atoms with Crippen molar-refractivity contribution in [3.05, 3.63) is 0 Å². The van der Waals surface area contributed by atoms with Crippen molar-refractivity contribution < 1.29 is 34.2 Å². The number of aliphatic carboxylic acids is 2. The summed E-state index contributed by atoms with van der Waals surface area (Å²) in [6.45, 7) is 6.97. The summed E-state index contributed by atoms with van der Waals surface area (Å²) >= 11 is 0. The normalized spacial score (nSPS) is 14.9. The van der Waals surface area contributed by atoms with Crippen LogP contribution in [0.3, 0.4) is 0 Å². The number of nitrogens with two attached hydrogens (primary N) is 1. The van der Waals surface area contributed by atoms with Gasteiger partial charge in [0.1, 0.15) is 18.1 Å². The van der Waals surface area contributed by atoms with Crippen LogP contribution in [-0.2, 0) is 24.0 Å². The highest BCUT2D eigenvalue weighted by molar-refractivity contribution is 5.93. The number of hydrogen-bond acceptors (Lipinski definition) is 6. The zero-order chi connectivity index (χ0) is 23.4. The van der Waals surface area contributed by atoms with E-state index < -0.39 is 54.2 Å². The molecule has 0 bridgehead atoms. The van der Waals surface area contributed by atoms with Crippen molar-refractivity contribution in [3.63, 3.8) is 0 Å². The highest BCUT2D eigenvalue weighted by Gasteiger charge is 2.32. The third-order valence-electron chi connectivity index (χ3n) is 4.60. The van der Waals surface area contributed by atoms with Crippen molar-refractivity contribution in [3.8, 4) is 0 Å². The predicted molar refractivity (Wildman–Crippen MR) is 108 cm³/mol. The van der Waals surface area contributed by atoms with Gasteiger partial charge in [-0.25, -0.2) is 4.79 Å². The summed E-state index contributed by atoms with van der Waals surface area (Å²) in [6, 6.07) is -3.36. The highest BCUT2D eigenvalue weighted by atomic mass is 16.4. The molecule has 30 heavy (non-hydrogen) atoms. The van der Waals surface area contributed by atoms with E-state index in [0.29, 0.717) is 12.8 Å². The van der Waals surface area contributed by atoms with Gasteiger partial charge in [0.05, 0.1) is 6.54 Å². The number of hydrogen-bond donors (Lipinski definition) is 6. The number of carbonyl (C=O) groups is 5. The number of nitrogens with one attached hydrogen (secondary N) is 3. The Labute approximate surface area is 176 Å². The Morgan fingerprint density at radius 1 is 0.900 bits per heavy atom. The molecule has 0 saturated heterocycles. The molecule has 0 aliphatic heterocycles. The van der Waals surface area contributed by atoms with Crippen molar-refractivity contribution in [1.82, 2.24) is 16.0 Å². The van der Waals surface area contributed by atoms with Gasteiger partial charge >= 0.3 is 11.9 Å². The summed E-state index contributed by atoms with van der Waals surface area (Å²) in [4.78, 5) is 59.2. The lowest BCUT2D eigenvalue weighted by Gasteiger charge is -2.28. The summed E-state index contributed by atoms with van der Waals surface area (Å²) in [5, 5.41) is 25.4. The molecule has 0 radical (unpaired) electrons. The quantitative estimate of drug-likeness (QED) is 0.211. The standard InChI is InChI=1S/C19H34N4O7/c1-5-11(4)16(18(28)22-12(19(29)30)6-7-15(25)26)23-17(27)13(8-10(2)3)21-14(24)9-20/h10-13,16H,5-9,20H2,1-4H3,(H,21,24)(H,22,28)(H,23,27)(H,25,26)(H,29,30). The van der Waals surface area contributed by atoms with E-state index in [-0.39, 0.29) is 24.8 Å². The molecular weight excluding hydrogens is 396 g/mol. The molecule has 4 atom stereocenters. The summed E-state index contributed by atoms with van der Waals surface area (Å²) in [5.74, 6) is -4.65. The molecule has 0 fully saturated rings. The van der Waals surface area contributed by atoms with E-state index in [1.54, 1.807) is 13.8 Å². The molecule has 0 aromatic carbocycles. The van der Waals surface area contributed by atoms with Gasteiger partial charge in [0.25, 0.3) is 0 Å². The fourth-order valence-corrected chi connectivity index (χ4v) is 2.70. The average Bonchev–Trinajstić information content (AvgIpc) is 2.66. The van der Waals surface area contributed by atoms with Gasteiger partial charge in [-0.1, -0.05) is 34.1 Å². The maximum atomic E-state index is 12.8. The van der Waals surface area contributed by atoms with Crippen molar-refractivity contribution >= 4 is 29.7 Å². The second kappa shape index (κ2) is 13.5. The Kier molecular flexibility index (Phi) is 12.3. The molecule has 172 valence electrons. The summed E-state index contributed by atoms with van der Waals surface area (Å²) in [7, 11) is 0. The third-order valence-corrected chi connectivity index (χ3v) is 4.60. The van der Waals surface area contributed by atoms with Gasteiger partial charge in [0, 0.05) is 6.42 Å². The number of amides is 3. The minimum Gasteiger partial charge on any atom is -0.481 e. The van der Waals surface area contributed by atoms with Gasteiger partial charge in [0.15, 0.2) is 0 Å². The molecular formula is C19H34N4O7. The van der Waals surface area contributed by atoms with E-state index >= 15 is 0 Å². The molecule has 0 spiro atoms. The van der Waals surface area contributed by atoms with Crippen molar-refractivity contribution in [2.24, 2.45) is 17.6 Å². The molecule has 7 N–H and O–H groups in total. The summed E-state index contributed by atoms with van der Waals surface area (Å²) in [5.41, 5.74) is 5.30. The predicted octanol–water partition coefficient (Wildman–Crippen LogP) is -0.559. The number of carbonyl (C=O) groups excluding carboxylic acids is 3. The maximum Gasteiger partial charge on any atom is 0.326 e. The van der Waals surface area contributed by atoms with Gasteiger partial charge < -0.3 is 31.9 Å². The SMILES string of the molecule is CCC(C)C(NC(=O)C(CC(C)C)NC(=O)CN)C(=O)NC(CCC(=O)O)C(=O)O. The topological polar surface area (TPSA) is 188 Å². The molecule has 0 aliphatic carbocycles. The van der Waals surface area contributed by atoms with Crippen LogP contribution in [0.5, 0.6) is 0 Å². The van der Waals surface area contributed by atoms with Crippen LogP contribution < -0.4 is 21.7 Å². The second-order valence-corrected chi connectivity index (χ2v) is 7.66. The third kappa shape index (κ3) is 10.2. The lowest BCUT2D eigenvalue weighted by molar-refractivity contribution is -0.143. The van der Waals surface area contributed by atoms with E-state index in [1.165, 1.54) is 0 Å². The number of rotatable bonds is 14. The van der Waals surface area contributed by atoms with Gasteiger partial charge in [-0.15, -0.1) is 0 Å². The van der Waals surface area contributed by atoms with Gasteiger partial charge in [-0.2, -0.15) is 0 Å². The van der Waals surface area contributed by atoms with Crippen LogP contribution in [0, 0.1) is 11.8 Å². The molecule has 0 rings (SSSR count). The maximum absolute atomic E-state index is 12.8. The molecule has 4 unspecified atom stereocenters. The van der Waals surface area contributed by atoms with Gasteiger partial charge in [0.2, 0.25) is 17.7 Å². The monoisotopic (exact) mass is 430 g/mol.